The van der Waals surface area contributed by atoms with E-state index in [1.165, 1.54) is 6.07 Å². The first-order valence-corrected chi connectivity index (χ1v) is 15.5. The number of alkyl carbamates (subject to hydrolysis) is 1. The minimum Gasteiger partial charge on any atom is -0.449 e. The van der Waals surface area contributed by atoms with E-state index >= 15 is 0 Å². The third kappa shape index (κ3) is 7.07. The topological polar surface area (TPSA) is 166 Å². The summed E-state index contributed by atoms with van der Waals surface area (Å²) in [5.74, 6) is -1.19. The number of primary amides is 1. The van der Waals surface area contributed by atoms with Gasteiger partial charge in [0.25, 0.3) is 0 Å². The first-order chi connectivity index (χ1) is 20.5. The lowest BCUT2D eigenvalue weighted by atomic mass is 9.98. The van der Waals surface area contributed by atoms with Crippen LogP contribution in [0.1, 0.15) is 48.4 Å². The third-order valence-electron chi connectivity index (χ3n) is 7.48. The maximum Gasteiger partial charge on any atom is 0.527 e. The van der Waals surface area contributed by atoms with Gasteiger partial charge < -0.3 is 25.6 Å². The van der Waals surface area contributed by atoms with E-state index in [0.717, 1.165) is 22.3 Å². The van der Waals surface area contributed by atoms with Gasteiger partial charge in [-0.1, -0.05) is 68.4 Å². The van der Waals surface area contributed by atoms with Gasteiger partial charge in [0.2, 0.25) is 11.8 Å². The number of carbonyl (C=O) groups excluding carboxylic acids is 3. The second-order valence-corrected chi connectivity index (χ2v) is 12.5. The Morgan fingerprint density at radius 2 is 1.65 bits per heavy atom. The van der Waals surface area contributed by atoms with Crippen molar-refractivity contribution in [1.82, 2.24) is 10.6 Å². The highest BCUT2D eigenvalue weighted by Crippen LogP contribution is 2.50. The zero-order chi connectivity index (χ0) is 30.7. The minimum absolute atomic E-state index is 0.0211. The molecule has 0 saturated heterocycles. The molecule has 3 atom stereocenters. The van der Waals surface area contributed by atoms with Gasteiger partial charge in [-0.3, -0.25) is 19.0 Å². The van der Waals surface area contributed by atoms with Crippen molar-refractivity contribution < 1.29 is 37.6 Å². The fraction of sp³-hybridized carbons (Fsp3) is 0.323. The van der Waals surface area contributed by atoms with Crippen LogP contribution in [-0.4, -0.2) is 41.5 Å². The van der Waals surface area contributed by atoms with Crippen molar-refractivity contribution in [1.29, 1.82) is 0 Å². The largest absolute Gasteiger partial charge is 0.527 e. The Bertz CT molecular complexity index is 1550. The standard InChI is InChI=1S/C31H34N3O8P/c1-18(2)13-26(29(32)35)33-30(36)27(15-19-11-12-28-20(14-19)16-41-43(38,39)42-28)34-31(37)40-17-25-23-9-5-3-7-21(23)22-8-4-6-10-24(22)25/h3-12,14,18,25-27H,13,15-17H2,1-2H3,(H2,32,35)(H,33,36)(H,34,37)(H,38,39)/t26-,27-/m0/s1. The molecule has 1 unspecified atom stereocenters. The van der Waals surface area contributed by atoms with Crippen molar-refractivity contribution in [3.8, 4) is 16.9 Å². The Kier molecular flexibility index (Phi) is 8.87. The van der Waals surface area contributed by atoms with E-state index in [4.69, 9.17) is 19.5 Å². The number of phosphoric acid groups is 1. The fourth-order valence-corrected chi connectivity index (χ4v) is 6.26. The van der Waals surface area contributed by atoms with Crippen LogP contribution in [0.5, 0.6) is 5.75 Å². The summed E-state index contributed by atoms with van der Waals surface area (Å²) in [6.07, 6.45) is -0.451. The zero-order valence-corrected chi connectivity index (χ0v) is 24.7. The van der Waals surface area contributed by atoms with Crippen LogP contribution in [0.2, 0.25) is 0 Å². The molecule has 3 amide bonds. The van der Waals surface area contributed by atoms with Crippen LogP contribution < -0.4 is 20.9 Å². The summed E-state index contributed by atoms with van der Waals surface area (Å²) in [5, 5.41) is 5.32. The van der Waals surface area contributed by atoms with Gasteiger partial charge in [-0.2, -0.15) is 0 Å². The normalized spacial score (nSPS) is 18.4. The van der Waals surface area contributed by atoms with Gasteiger partial charge in [0.15, 0.2) is 0 Å². The minimum atomic E-state index is -4.17. The van der Waals surface area contributed by atoms with E-state index in [2.05, 4.69) is 10.6 Å². The molecule has 0 spiro atoms. The fourth-order valence-electron chi connectivity index (χ4n) is 5.48. The quantitative estimate of drug-likeness (QED) is 0.249. The van der Waals surface area contributed by atoms with E-state index < -0.39 is 37.8 Å². The van der Waals surface area contributed by atoms with Gasteiger partial charge in [0.1, 0.15) is 24.4 Å². The molecule has 5 N–H and O–H groups in total. The smallest absolute Gasteiger partial charge is 0.449 e. The highest BCUT2D eigenvalue weighted by atomic mass is 31.2. The van der Waals surface area contributed by atoms with E-state index in [-0.39, 0.29) is 37.2 Å². The molecule has 1 aliphatic carbocycles. The number of carbonyl (C=O) groups is 3. The molecule has 1 heterocycles. The van der Waals surface area contributed by atoms with E-state index in [1.54, 1.807) is 12.1 Å². The number of hydrogen-bond acceptors (Lipinski definition) is 7. The Morgan fingerprint density at radius 3 is 2.28 bits per heavy atom. The maximum absolute atomic E-state index is 13.4. The Labute approximate surface area is 249 Å². The summed E-state index contributed by atoms with van der Waals surface area (Å²) in [6.45, 7) is 3.69. The number of nitrogens with one attached hydrogen (secondary N) is 2. The first-order valence-electron chi connectivity index (χ1n) is 14.0. The lowest BCUT2D eigenvalue weighted by molar-refractivity contribution is -0.128. The molecule has 11 nitrogen and oxygen atoms in total. The summed E-state index contributed by atoms with van der Waals surface area (Å²) in [5.41, 5.74) is 10.9. The number of benzene rings is 3. The van der Waals surface area contributed by atoms with Crippen molar-refractivity contribution in [2.45, 2.75) is 51.3 Å². The van der Waals surface area contributed by atoms with Crippen LogP contribution in [0.4, 0.5) is 4.79 Å². The van der Waals surface area contributed by atoms with Gasteiger partial charge in [-0.25, -0.2) is 9.36 Å². The number of phosphoric ester groups is 1. The number of ether oxygens (including phenoxy) is 1. The summed E-state index contributed by atoms with van der Waals surface area (Å²) < 4.78 is 27.3. The number of amides is 3. The molecular weight excluding hydrogens is 573 g/mol. The van der Waals surface area contributed by atoms with Crippen LogP contribution in [-0.2, 0) is 36.4 Å². The highest BCUT2D eigenvalue weighted by Gasteiger charge is 2.32. The summed E-state index contributed by atoms with van der Waals surface area (Å²) in [6, 6.07) is 18.6. The van der Waals surface area contributed by atoms with Gasteiger partial charge in [0, 0.05) is 17.9 Å². The maximum atomic E-state index is 13.4. The Morgan fingerprint density at radius 1 is 1.00 bits per heavy atom. The van der Waals surface area contributed by atoms with Crippen LogP contribution in [0.15, 0.2) is 66.7 Å². The van der Waals surface area contributed by atoms with Gasteiger partial charge in [-0.15, -0.1) is 0 Å². The van der Waals surface area contributed by atoms with E-state index in [1.807, 2.05) is 62.4 Å². The molecule has 43 heavy (non-hydrogen) atoms. The number of hydrogen-bond donors (Lipinski definition) is 4. The SMILES string of the molecule is CC(C)C[C@H](NC(=O)[C@H](Cc1ccc2c(c1)COP(=O)(O)O2)NC(=O)OCC1c2ccccc2-c2ccccc21)C(N)=O. The van der Waals surface area contributed by atoms with Crippen molar-refractivity contribution in [2.24, 2.45) is 11.7 Å². The second-order valence-electron chi connectivity index (χ2n) is 11.1. The molecule has 0 fully saturated rings. The van der Waals surface area contributed by atoms with Gasteiger partial charge >= 0.3 is 13.9 Å². The molecule has 0 radical (unpaired) electrons. The van der Waals surface area contributed by atoms with Crippen LogP contribution in [0.3, 0.4) is 0 Å². The molecule has 0 aromatic heterocycles. The third-order valence-corrected chi connectivity index (χ3v) is 8.36. The highest BCUT2D eigenvalue weighted by molar-refractivity contribution is 7.47. The first kappa shape index (κ1) is 30.3. The molecular formula is C31H34N3O8P. The molecule has 2 aliphatic rings. The average Bonchev–Trinajstić information content (AvgIpc) is 3.28. The Balaban J connectivity index is 1.32. The zero-order valence-electron chi connectivity index (χ0n) is 23.8. The summed E-state index contributed by atoms with van der Waals surface area (Å²) >= 11 is 0. The number of fused-ring (bicyclic) bond motifs is 4. The van der Waals surface area contributed by atoms with Gasteiger partial charge in [0.05, 0.1) is 6.61 Å². The van der Waals surface area contributed by atoms with E-state index in [9.17, 15) is 23.8 Å². The van der Waals surface area contributed by atoms with Crippen molar-refractivity contribution in [3.63, 3.8) is 0 Å². The second kappa shape index (κ2) is 12.6. The Hall–Kier alpha value is -4.18. The molecule has 1 aliphatic heterocycles. The van der Waals surface area contributed by atoms with Crippen molar-refractivity contribution >= 4 is 25.7 Å². The number of nitrogens with two attached hydrogens (primary N) is 1. The number of rotatable bonds is 10. The predicted molar refractivity (Wildman–Crippen MR) is 158 cm³/mol. The molecule has 0 saturated carbocycles. The average molecular weight is 608 g/mol. The molecule has 0 bridgehead atoms. The van der Waals surface area contributed by atoms with Crippen LogP contribution >= 0.6 is 7.82 Å². The molecule has 5 rings (SSSR count). The summed E-state index contributed by atoms with van der Waals surface area (Å²) in [7, 11) is -4.17. The lowest BCUT2D eigenvalue weighted by Crippen LogP contribution is -2.54. The molecule has 3 aromatic carbocycles. The van der Waals surface area contributed by atoms with E-state index in [0.29, 0.717) is 17.5 Å². The van der Waals surface area contributed by atoms with Gasteiger partial charge in [-0.05, 0) is 52.3 Å². The molecule has 226 valence electrons. The predicted octanol–water partition coefficient (Wildman–Crippen LogP) is 4.16. The monoisotopic (exact) mass is 607 g/mol. The summed E-state index contributed by atoms with van der Waals surface area (Å²) in [4.78, 5) is 48.2. The van der Waals surface area contributed by atoms with Crippen LogP contribution in [0.25, 0.3) is 11.1 Å². The molecule has 3 aromatic rings. The van der Waals surface area contributed by atoms with Crippen molar-refractivity contribution in [3.05, 3.63) is 89.0 Å². The lowest BCUT2D eigenvalue weighted by Gasteiger charge is -2.24. The van der Waals surface area contributed by atoms with Crippen LogP contribution in [0, 0.1) is 5.92 Å². The van der Waals surface area contributed by atoms with Crippen molar-refractivity contribution in [2.75, 3.05) is 6.61 Å². The molecule has 12 heteroatoms.